The van der Waals surface area contributed by atoms with Gasteiger partial charge in [-0.1, -0.05) is 17.8 Å². The van der Waals surface area contributed by atoms with Gasteiger partial charge in [-0.05, 0) is 24.1 Å². The Labute approximate surface area is 115 Å². The van der Waals surface area contributed by atoms with Crippen molar-refractivity contribution in [2.45, 2.75) is 25.6 Å². The first kappa shape index (κ1) is 14.0. The number of hydrogen-bond donors (Lipinski definition) is 3. The predicted octanol–water partition coefficient (Wildman–Crippen LogP) is 1.63. The maximum Gasteiger partial charge on any atom is 0.185 e. The lowest BCUT2D eigenvalue weighted by Crippen LogP contribution is -2.19. The molecule has 3 N–H and O–H groups in total. The average molecular weight is 280 g/mol. The molecular formula is C13H16N2O3S. The van der Waals surface area contributed by atoms with E-state index in [1.165, 1.54) is 6.92 Å². The van der Waals surface area contributed by atoms with Crippen LogP contribution in [0.15, 0.2) is 24.4 Å². The molecule has 0 saturated heterocycles. The van der Waals surface area contributed by atoms with Crippen molar-refractivity contribution in [3.8, 4) is 0 Å². The number of aliphatic hydroxyl groups excluding tert-OH is 2. The molecule has 2 atom stereocenters. The maximum absolute atomic E-state index is 10.8. The van der Waals surface area contributed by atoms with Gasteiger partial charge in [-0.25, -0.2) is 0 Å². The lowest BCUT2D eigenvalue weighted by molar-refractivity contribution is -0.109. The minimum atomic E-state index is -0.952. The quantitative estimate of drug-likeness (QED) is 0.775. The number of fused-ring (bicyclic) bond motifs is 1. The summed E-state index contributed by atoms with van der Waals surface area (Å²) in [6, 6.07) is 5.37. The Bertz CT molecular complexity index is 570. The molecule has 0 bridgehead atoms. The van der Waals surface area contributed by atoms with Crippen molar-refractivity contribution in [3.63, 3.8) is 0 Å². The van der Waals surface area contributed by atoms with Gasteiger partial charge in [0.05, 0.1) is 17.8 Å². The summed E-state index contributed by atoms with van der Waals surface area (Å²) < 4.78 is 0. The summed E-state index contributed by atoms with van der Waals surface area (Å²) in [5.74, 6) is 0.502. The summed E-state index contributed by atoms with van der Waals surface area (Å²) in [7, 11) is 0. The van der Waals surface area contributed by atoms with Gasteiger partial charge in [-0.2, -0.15) is 5.10 Å². The number of nitrogens with zero attached hydrogens (tertiary/aromatic N) is 1. The molecule has 0 aliphatic rings. The second kappa shape index (κ2) is 6.18. The molecule has 0 radical (unpaired) electrons. The van der Waals surface area contributed by atoms with E-state index in [4.69, 9.17) is 0 Å². The fraction of sp³-hybridized carbons (Fsp3) is 0.385. The van der Waals surface area contributed by atoms with Crippen LogP contribution in [0.25, 0.3) is 10.9 Å². The zero-order valence-corrected chi connectivity index (χ0v) is 11.4. The predicted molar refractivity (Wildman–Crippen MR) is 74.8 cm³/mol. The number of carbonyl (C=O) groups excluding carboxylic acids is 1. The summed E-state index contributed by atoms with van der Waals surface area (Å²) in [5.41, 5.74) is 1.53. The number of hydrogen-bond acceptors (Lipinski definition) is 5. The van der Waals surface area contributed by atoms with Gasteiger partial charge in [0.1, 0.15) is 6.10 Å². The van der Waals surface area contributed by atoms with Crippen molar-refractivity contribution in [1.82, 2.24) is 10.2 Å². The largest absolute Gasteiger partial charge is 0.390 e. The van der Waals surface area contributed by atoms with E-state index >= 15 is 0 Å². The van der Waals surface area contributed by atoms with Crippen LogP contribution in [0, 0.1) is 0 Å². The number of H-pyrrole nitrogens is 1. The molecule has 0 saturated carbocycles. The first-order chi connectivity index (χ1) is 9.08. The van der Waals surface area contributed by atoms with E-state index in [0.717, 1.165) is 22.7 Å². The van der Waals surface area contributed by atoms with Crippen molar-refractivity contribution in [3.05, 3.63) is 30.0 Å². The molecule has 6 heteroatoms. The van der Waals surface area contributed by atoms with Crippen LogP contribution in [-0.4, -0.2) is 37.4 Å². The molecule has 0 spiro atoms. The van der Waals surface area contributed by atoms with Crippen LogP contribution in [-0.2, 0) is 4.79 Å². The Hall–Kier alpha value is -1.37. The van der Waals surface area contributed by atoms with E-state index in [1.54, 1.807) is 18.3 Å². The number of benzene rings is 1. The van der Waals surface area contributed by atoms with Gasteiger partial charge in [0.15, 0.2) is 5.12 Å². The highest BCUT2D eigenvalue weighted by atomic mass is 32.2. The summed E-state index contributed by atoms with van der Waals surface area (Å²) in [5, 5.41) is 27.6. The molecule has 2 unspecified atom stereocenters. The molecular weight excluding hydrogens is 264 g/mol. The van der Waals surface area contributed by atoms with Crippen molar-refractivity contribution >= 4 is 27.8 Å². The number of aromatic amines is 1. The molecule has 0 fully saturated rings. The van der Waals surface area contributed by atoms with Crippen LogP contribution in [0.4, 0.5) is 0 Å². The molecule has 2 rings (SSSR count). The summed E-state index contributed by atoms with van der Waals surface area (Å²) in [6.07, 6.45) is 0.210. The first-order valence-electron chi connectivity index (χ1n) is 6.00. The van der Waals surface area contributed by atoms with Gasteiger partial charge in [0.2, 0.25) is 0 Å². The Morgan fingerprint density at radius 3 is 3.00 bits per heavy atom. The van der Waals surface area contributed by atoms with E-state index in [1.807, 2.05) is 6.07 Å². The maximum atomic E-state index is 10.8. The monoisotopic (exact) mass is 280 g/mol. The molecule has 1 aromatic carbocycles. The molecule has 0 aliphatic carbocycles. The van der Waals surface area contributed by atoms with E-state index in [0.29, 0.717) is 17.7 Å². The molecule has 5 nitrogen and oxygen atoms in total. The van der Waals surface area contributed by atoms with E-state index in [2.05, 4.69) is 10.2 Å². The zero-order valence-electron chi connectivity index (χ0n) is 10.5. The van der Waals surface area contributed by atoms with E-state index in [9.17, 15) is 15.0 Å². The number of aliphatic hydroxyl groups is 2. The fourth-order valence-electron chi connectivity index (χ4n) is 1.85. The third-order valence-corrected chi connectivity index (χ3v) is 3.74. The molecule has 1 heterocycles. The van der Waals surface area contributed by atoms with Crippen molar-refractivity contribution in [1.29, 1.82) is 0 Å². The Morgan fingerprint density at radius 2 is 2.26 bits per heavy atom. The molecule has 102 valence electrons. The molecule has 0 amide bonds. The number of aromatic nitrogens is 2. The van der Waals surface area contributed by atoms with Crippen LogP contribution in [0.5, 0.6) is 0 Å². The lowest BCUT2D eigenvalue weighted by Gasteiger charge is -2.17. The van der Waals surface area contributed by atoms with E-state index in [-0.39, 0.29) is 5.12 Å². The smallest absolute Gasteiger partial charge is 0.185 e. The second-order valence-corrected chi connectivity index (χ2v) is 5.63. The molecule has 2 aromatic rings. The fourth-order valence-corrected chi connectivity index (χ4v) is 2.50. The normalized spacial score (nSPS) is 14.5. The van der Waals surface area contributed by atoms with Gasteiger partial charge >= 0.3 is 0 Å². The van der Waals surface area contributed by atoms with Crippen LogP contribution >= 0.6 is 11.8 Å². The SMILES string of the molecule is CC(=O)SCCC(O)C(O)c1ccc2[nH]ncc2c1. The summed E-state index contributed by atoms with van der Waals surface area (Å²) in [4.78, 5) is 10.8. The van der Waals surface area contributed by atoms with Gasteiger partial charge in [-0.15, -0.1) is 0 Å². The number of rotatable bonds is 5. The van der Waals surface area contributed by atoms with Crippen LogP contribution in [0.3, 0.4) is 0 Å². The highest BCUT2D eigenvalue weighted by Gasteiger charge is 2.18. The number of nitrogens with one attached hydrogen (secondary N) is 1. The third-order valence-electron chi connectivity index (χ3n) is 2.89. The second-order valence-electron chi connectivity index (χ2n) is 4.36. The van der Waals surface area contributed by atoms with Crippen molar-refractivity contribution in [2.75, 3.05) is 5.75 Å². The minimum absolute atomic E-state index is 0.0153. The van der Waals surface area contributed by atoms with Crippen LogP contribution in [0.1, 0.15) is 25.0 Å². The Morgan fingerprint density at radius 1 is 1.47 bits per heavy atom. The van der Waals surface area contributed by atoms with Crippen molar-refractivity contribution in [2.24, 2.45) is 0 Å². The van der Waals surface area contributed by atoms with Gasteiger partial charge < -0.3 is 10.2 Å². The summed E-state index contributed by atoms with van der Waals surface area (Å²) >= 11 is 1.15. The highest BCUT2D eigenvalue weighted by Crippen LogP contribution is 2.23. The standard InChI is InChI=1S/C13H16N2O3S/c1-8(16)19-5-4-12(17)13(18)9-2-3-11-10(6-9)7-14-15-11/h2-3,6-7,12-13,17-18H,4-5H2,1H3,(H,14,15). The van der Waals surface area contributed by atoms with Gasteiger partial charge in [0, 0.05) is 18.1 Å². The van der Waals surface area contributed by atoms with Crippen molar-refractivity contribution < 1.29 is 15.0 Å². The highest BCUT2D eigenvalue weighted by molar-refractivity contribution is 8.13. The number of thioether (sulfide) groups is 1. The number of carbonyl (C=O) groups is 1. The third kappa shape index (κ3) is 3.56. The van der Waals surface area contributed by atoms with E-state index < -0.39 is 12.2 Å². The topological polar surface area (TPSA) is 86.2 Å². The molecule has 0 aliphatic heterocycles. The minimum Gasteiger partial charge on any atom is -0.390 e. The van der Waals surface area contributed by atoms with Crippen LogP contribution in [0.2, 0.25) is 0 Å². The zero-order chi connectivity index (χ0) is 13.8. The van der Waals surface area contributed by atoms with Gasteiger partial charge in [0.25, 0.3) is 0 Å². The average Bonchev–Trinajstić information content (AvgIpc) is 2.84. The first-order valence-corrected chi connectivity index (χ1v) is 6.99. The Kier molecular flexibility index (Phi) is 4.57. The lowest BCUT2D eigenvalue weighted by atomic mass is 10.0. The van der Waals surface area contributed by atoms with Crippen LogP contribution < -0.4 is 0 Å². The summed E-state index contributed by atoms with van der Waals surface area (Å²) in [6.45, 7) is 1.49. The van der Waals surface area contributed by atoms with Gasteiger partial charge in [-0.3, -0.25) is 9.89 Å². The molecule has 1 aromatic heterocycles. The molecule has 19 heavy (non-hydrogen) atoms. The Balaban J connectivity index is 2.01.